The maximum Gasteiger partial charge on any atom is 0.253 e. The summed E-state index contributed by atoms with van der Waals surface area (Å²) in [6, 6.07) is 11.7. The van der Waals surface area contributed by atoms with Crippen LogP contribution in [0, 0.1) is 5.92 Å². The number of carbonyl (C=O) groups excluding carboxylic acids is 2. The lowest BCUT2D eigenvalue weighted by Gasteiger charge is -2.21. The summed E-state index contributed by atoms with van der Waals surface area (Å²) in [6.07, 6.45) is 0. The molecule has 0 aliphatic rings. The third kappa shape index (κ3) is 4.82. The van der Waals surface area contributed by atoms with Crippen LogP contribution in [0.5, 0.6) is 0 Å². The lowest BCUT2D eigenvalue weighted by atomic mass is 10.0. The second-order valence-electron chi connectivity index (χ2n) is 6.61. The van der Waals surface area contributed by atoms with Gasteiger partial charge in [-0.15, -0.1) is 11.3 Å². The van der Waals surface area contributed by atoms with Crippen LogP contribution in [0.15, 0.2) is 42.5 Å². The molecule has 1 unspecified atom stereocenters. The van der Waals surface area contributed by atoms with Gasteiger partial charge in [-0.25, -0.2) is 4.98 Å². The molecule has 1 heterocycles. The van der Waals surface area contributed by atoms with Gasteiger partial charge in [0.25, 0.3) is 5.91 Å². The highest BCUT2D eigenvalue weighted by atomic mass is 35.5. The summed E-state index contributed by atoms with van der Waals surface area (Å²) in [5.41, 5.74) is 1.18. The van der Waals surface area contributed by atoms with Gasteiger partial charge < -0.3 is 10.6 Å². The molecule has 3 aromatic rings. The highest BCUT2D eigenvalue weighted by molar-refractivity contribution is 7.18. The number of hydrogen-bond acceptors (Lipinski definition) is 4. The van der Waals surface area contributed by atoms with Gasteiger partial charge in [-0.2, -0.15) is 0 Å². The number of fused-ring (bicyclic) bond motifs is 1. The number of benzene rings is 2. The molecule has 0 aliphatic carbocycles. The molecule has 2 amide bonds. The largest absolute Gasteiger partial charge is 0.348 e. The Morgan fingerprint density at radius 2 is 1.89 bits per heavy atom. The SMILES string of the molecule is CC(C)C(NC(=O)c1ccc(Cl)cc1Cl)C(=O)NCc1nc2ccccc2s1. The van der Waals surface area contributed by atoms with Crippen molar-refractivity contribution in [1.29, 1.82) is 0 Å². The third-order valence-electron chi connectivity index (χ3n) is 4.16. The summed E-state index contributed by atoms with van der Waals surface area (Å²) < 4.78 is 1.07. The number of rotatable bonds is 6. The second kappa shape index (κ2) is 8.90. The maximum absolute atomic E-state index is 12.7. The fourth-order valence-electron chi connectivity index (χ4n) is 2.70. The Balaban J connectivity index is 1.67. The van der Waals surface area contributed by atoms with Crippen molar-refractivity contribution in [2.45, 2.75) is 26.4 Å². The zero-order chi connectivity index (χ0) is 20.3. The van der Waals surface area contributed by atoms with Crippen LogP contribution in [-0.4, -0.2) is 22.8 Å². The first kappa shape index (κ1) is 20.6. The molecule has 146 valence electrons. The van der Waals surface area contributed by atoms with Gasteiger partial charge in [-0.1, -0.05) is 49.2 Å². The van der Waals surface area contributed by atoms with Crippen molar-refractivity contribution in [2.75, 3.05) is 0 Å². The van der Waals surface area contributed by atoms with E-state index in [4.69, 9.17) is 23.2 Å². The maximum atomic E-state index is 12.7. The molecule has 0 radical (unpaired) electrons. The number of halogens is 2. The minimum Gasteiger partial charge on any atom is -0.348 e. The van der Waals surface area contributed by atoms with Crippen LogP contribution in [0.3, 0.4) is 0 Å². The van der Waals surface area contributed by atoms with Crippen molar-refractivity contribution in [2.24, 2.45) is 5.92 Å². The van der Waals surface area contributed by atoms with Gasteiger partial charge in [0.1, 0.15) is 11.0 Å². The molecule has 0 spiro atoms. The summed E-state index contributed by atoms with van der Waals surface area (Å²) in [4.78, 5) is 29.7. The molecule has 0 saturated carbocycles. The van der Waals surface area contributed by atoms with E-state index in [1.807, 2.05) is 38.1 Å². The molecule has 0 saturated heterocycles. The van der Waals surface area contributed by atoms with E-state index in [2.05, 4.69) is 15.6 Å². The Hall–Kier alpha value is -2.15. The first-order valence-electron chi connectivity index (χ1n) is 8.73. The number of carbonyl (C=O) groups is 2. The van der Waals surface area contributed by atoms with Gasteiger partial charge in [0, 0.05) is 5.02 Å². The van der Waals surface area contributed by atoms with Crippen LogP contribution >= 0.6 is 34.5 Å². The van der Waals surface area contributed by atoms with E-state index in [0.29, 0.717) is 11.6 Å². The Labute approximate surface area is 177 Å². The van der Waals surface area contributed by atoms with E-state index in [1.54, 1.807) is 6.07 Å². The summed E-state index contributed by atoms with van der Waals surface area (Å²) in [7, 11) is 0. The van der Waals surface area contributed by atoms with Crippen molar-refractivity contribution in [3.63, 3.8) is 0 Å². The number of nitrogens with one attached hydrogen (secondary N) is 2. The van der Waals surface area contributed by atoms with Crippen molar-refractivity contribution >= 4 is 56.6 Å². The predicted octanol–water partition coefficient (Wildman–Crippen LogP) is 4.67. The number of nitrogens with zero attached hydrogens (tertiary/aromatic N) is 1. The predicted molar refractivity (Wildman–Crippen MR) is 114 cm³/mol. The molecule has 0 fully saturated rings. The van der Waals surface area contributed by atoms with Crippen LogP contribution < -0.4 is 10.6 Å². The van der Waals surface area contributed by atoms with E-state index in [0.717, 1.165) is 15.2 Å². The van der Waals surface area contributed by atoms with Crippen LogP contribution in [0.4, 0.5) is 0 Å². The van der Waals surface area contributed by atoms with E-state index >= 15 is 0 Å². The minimum atomic E-state index is -0.700. The van der Waals surface area contributed by atoms with E-state index in [-0.39, 0.29) is 22.4 Å². The van der Waals surface area contributed by atoms with Crippen LogP contribution in [0.25, 0.3) is 10.2 Å². The highest BCUT2D eigenvalue weighted by Crippen LogP contribution is 2.22. The lowest BCUT2D eigenvalue weighted by molar-refractivity contribution is -0.124. The molecule has 0 bridgehead atoms. The van der Waals surface area contributed by atoms with Crippen LogP contribution in [-0.2, 0) is 11.3 Å². The van der Waals surface area contributed by atoms with Crippen LogP contribution in [0.2, 0.25) is 10.0 Å². The van der Waals surface area contributed by atoms with Gasteiger partial charge in [-0.3, -0.25) is 9.59 Å². The number of aromatic nitrogens is 1. The monoisotopic (exact) mass is 435 g/mol. The number of amides is 2. The first-order valence-corrected chi connectivity index (χ1v) is 10.3. The summed E-state index contributed by atoms with van der Waals surface area (Å²) in [5.74, 6) is -0.798. The molecule has 1 aromatic heterocycles. The first-order chi connectivity index (χ1) is 13.3. The Morgan fingerprint density at radius 1 is 1.14 bits per heavy atom. The molecule has 28 heavy (non-hydrogen) atoms. The van der Waals surface area contributed by atoms with Gasteiger partial charge in [0.15, 0.2) is 0 Å². The van der Waals surface area contributed by atoms with Gasteiger partial charge in [0.2, 0.25) is 5.91 Å². The van der Waals surface area contributed by atoms with Crippen LogP contribution in [0.1, 0.15) is 29.2 Å². The van der Waals surface area contributed by atoms with Gasteiger partial charge >= 0.3 is 0 Å². The molecule has 5 nitrogen and oxygen atoms in total. The average molecular weight is 436 g/mol. The van der Waals surface area contributed by atoms with E-state index < -0.39 is 11.9 Å². The molecule has 0 aliphatic heterocycles. The lowest BCUT2D eigenvalue weighted by Crippen LogP contribution is -2.49. The van der Waals surface area contributed by atoms with Gasteiger partial charge in [-0.05, 0) is 36.2 Å². The van der Waals surface area contributed by atoms with Crippen molar-refractivity contribution < 1.29 is 9.59 Å². The molecular formula is C20H19Cl2N3O2S. The molecule has 1 atom stereocenters. The fourth-order valence-corrected chi connectivity index (χ4v) is 4.10. The number of para-hydroxylation sites is 1. The standard InChI is InChI=1S/C20H19Cl2N3O2S/c1-11(2)18(25-19(26)13-8-7-12(21)9-14(13)22)20(27)23-10-17-24-15-5-3-4-6-16(15)28-17/h3-9,11,18H,10H2,1-2H3,(H,23,27)(H,25,26). The smallest absolute Gasteiger partial charge is 0.253 e. The van der Waals surface area contributed by atoms with Crippen molar-refractivity contribution in [1.82, 2.24) is 15.6 Å². The van der Waals surface area contributed by atoms with E-state index in [1.165, 1.54) is 23.5 Å². The fraction of sp³-hybridized carbons (Fsp3) is 0.250. The Kier molecular flexibility index (Phi) is 6.54. The molecule has 2 aromatic carbocycles. The Morgan fingerprint density at radius 3 is 2.57 bits per heavy atom. The second-order valence-corrected chi connectivity index (χ2v) is 8.57. The van der Waals surface area contributed by atoms with Crippen molar-refractivity contribution in [3.05, 3.63) is 63.1 Å². The Bertz CT molecular complexity index is 987. The zero-order valence-electron chi connectivity index (χ0n) is 15.3. The summed E-state index contributed by atoms with van der Waals surface area (Å²) in [5, 5.41) is 7.11. The van der Waals surface area contributed by atoms with E-state index in [9.17, 15) is 9.59 Å². The number of hydrogen-bond donors (Lipinski definition) is 2. The molecule has 3 rings (SSSR count). The third-order valence-corrected chi connectivity index (χ3v) is 5.75. The summed E-state index contributed by atoms with van der Waals surface area (Å²) in [6.45, 7) is 4.04. The van der Waals surface area contributed by atoms with Gasteiger partial charge in [0.05, 0.1) is 27.3 Å². The molecule has 2 N–H and O–H groups in total. The number of thiazole rings is 1. The average Bonchev–Trinajstić information content (AvgIpc) is 3.06. The normalized spacial score (nSPS) is 12.2. The highest BCUT2D eigenvalue weighted by Gasteiger charge is 2.25. The molecule has 8 heteroatoms. The van der Waals surface area contributed by atoms with Crippen molar-refractivity contribution in [3.8, 4) is 0 Å². The zero-order valence-corrected chi connectivity index (χ0v) is 17.7. The quantitative estimate of drug-likeness (QED) is 0.590. The molecular weight excluding hydrogens is 417 g/mol. The minimum absolute atomic E-state index is 0.106. The summed E-state index contributed by atoms with van der Waals surface area (Å²) >= 11 is 13.5. The topological polar surface area (TPSA) is 71.1 Å².